The van der Waals surface area contributed by atoms with E-state index in [1.165, 1.54) is 4.88 Å². The van der Waals surface area contributed by atoms with Gasteiger partial charge in [-0.25, -0.2) is 9.97 Å². The van der Waals surface area contributed by atoms with Crippen molar-refractivity contribution in [1.29, 1.82) is 0 Å². The zero-order chi connectivity index (χ0) is 15.5. The number of nitrogens with zero attached hydrogens (tertiary/aromatic N) is 4. The first-order valence-corrected chi connectivity index (χ1v) is 8.27. The van der Waals surface area contributed by atoms with E-state index in [0.717, 1.165) is 30.2 Å². The normalized spacial score (nSPS) is 18.1. The third kappa shape index (κ3) is 3.34. The molecule has 3 heterocycles. The van der Waals surface area contributed by atoms with Crippen LogP contribution in [-0.4, -0.2) is 51.9 Å². The second-order valence-electron chi connectivity index (χ2n) is 5.68. The number of aryl methyl sites for hydroxylation is 1. The smallest absolute Gasteiger partial charge is 0.263 e. The number of hydrogen-bond donors (Lipinski definition) is 0. The highest BCUT2D eigenvalue weighted by Gasteiger charge is 2.30. The lowest BCUT2D eigenvalue weighted by Crippen LogP contribution is -2.36. The van der Waals surface area contributed by atoms with E-state index in [2.05, 4.69) is 21.9 Å². The molecule has 5 nitrogen and oxygen atoms in total. The van der Waals surface area contributed by atoms with Crippen LogP contribution in [0.25, 0.3) is 0 Å². The molecule has 22 heavy (non-hydrogen) atoms. The maximum Gasteiger partial charge on any atom is 0.263 e. The van der Waals surface area contributed by atoms with Gasteiger partial charge in [0.2, 0.25) is 0 Å². The van der Waals surface area contributed by atoms with Crippen molar-refractivity contribution in [1.82, 2.24) is 19.8 Å². The van der Waals surface area contributed by atoms with E-state index in [4.69, 9.17) is 0 Å². The highest BCUT2D eigenvalue weighted by molar-refractivity contribution is 7.13. The molecule has 1 aliphatic rings. The first-order chi connectivity index (χ1) is 10.6. The number of likely N-dealkylation sites (tertiary alicyclic amines) is 1. The SMILES string of the molecule is Cc1ccc(C(=O)N2CCC(N(C)Cc3ncccn3)C2)s1. The lowest BCUT2D eigenvalue weighted by molar-refractivity contribution is 0.0784. The first kappa shape index (κ1) is 15.1. The molecular formula is C16H20N4OS. The van der Waals surface area contributed by atoms with Crippen molar-refractivity contribution in [2.45, 2.75) is 25.9 Å². The van der Waals surface area contributed by atoms with Crippen molar-refractivity contribution >= 4 is 17.2 Å². The van der Waals surface area contributed by atoms with Crippen LogP contribution in [0.3, 0.4) is 0 Å². The molecule has 0 radical (unpaired) electrons. The zero-order valence-corrected chi connectivity index (χ0v) is 13.7. The largest absolute Gasteiger partial charge is 0.336 e. The number of rotatable bonds is 4. The summed E-state index contributed by atoms with van der Waals surface area (Å²) in [5.74, 6) is 0.980. The van der Waals surface area contributed by atoms with Crippen LogP contribution in [0, 0.1) is 6.92 Å². The van der Waals surface area contributed by atoms with Gasteiger partial charge in [-0.15, -0.1) is 11.3 Å². The summed E-state index contributed by atoms with van der Waals surface area (Å²) >= 11 is 1.57. The van der Waals surface area contributed by atoms with E-state index in [1.807, 2.05) is 30.0 Å². The van der Waals surface area contributed by atoms with Crippen LogP contribution in [0.15, 0.2) is 30.6 Å². The predicted molar refractivity (Wildman–Crippen MR) is 86.9 cm³/mol. The fourth-order valence-electron chi connectivity index (χ4n) is 2.76. The maximum absolute atomic E-state index is 12.5. The first-order valence-electron chi connectivity index (χ1n) is 7.45. The second kappa shape index (κ2) is 6.54. The van der Waals surface area contributed by atoms with E-state index in [9.17, 15) is 4.79 Å². The molecule has 3 rings (SSSR count). The van der Waals surface area contributed by atoms with E-state index >= 15 is 0 Å². The van der Waals surface area contributed by atoms with Crippen LogP contribution in [0.5, 0.6) is 0 Å². The third-order valence-corrected chi connectivity index (χ3v) is 5.02. The number of amides is 1. The van der Waals surface area contributed by atoms with Gasteiger partial charge in [0.15, 0.2) is 0 Å². The lowest BCUT2D eigenvalue weighted by Gasteiger charge is -2.23. The van der Waals surface area contributed by atoms with Crippen LogP contribution in [-0.2, 0) is 6.54 Å². The average Bonchev–Trinajstić information content (AvgIpc) is 3.16. The van der Waals surface area contributed by atoms with Gasteiger partial charge in [0.25, 0.3) is 5.91 Å². The Morgan fingerprint density at radius 3 is 2.86 bits per heavy atom. The minimum absolute atomic E-state index is 0.157. The third-order valence-electron chi connectivity index (χ3n) is 4.04. The highest BCUT2D eigenvalue weighted by atomic mass is 32.1. The fraction of sp³-hybridized carbons (Fsp3) is 0.438. The van der Waals surface area contributed by atoms with Crippen molar-refractivity contribution in [2.24, 2.45) is 0 Å². The Hall–Kier alpha value is -1.79. The molecule has 116 valence electrons. The maximum atomic E-state index is 12.5. The minimum atomic E-state index is 0.157. The number of aromatic nitrogens is 2. The summed E-state index contributed by atoms with van der Waals surface area (Å²) in [7, 11) is 2.07. The van der Waals surface area contributed by atoms with Crippen molar-refractivity contribution < 1.29 is 4.79 Å². The minimum Gasteiger partial charge on any atom is -0.336 e. The number of carbonyl (C=O) groups is 1. The van der Waals surface area contributed by atoms with Gasteiger partial charge in [0.1, 0.15) is 5.82 Å². The summed E-state index contributed by atoms with van der Waals surface area (Å²) in [5.41, 5.74) is 0. The molecule has 2 aromatic heterocycles. The van der Waals surface area contributed by atoms with Crippen LogP contribution in [0.2, 0.25) is 0 Å². The fourth-order valence-corrected chi connectivity index (χ4v) is 3.59. The van der Waals surface area contributed by atoms with E-state index in [-0.39, 0.29) is 5.91 Å². The van der Waals surface area contributed by atoms with E-state index < -0.39 is 0 Å². The monoisotopic (exact) mass is 316 g/mol. The van der Waals surface area contributed by atoms with Gasteiger partial charge in [0, 0.05) is 36.4 Å². The van der Waals surface area contributed by atoms with Gasteiger partial charge in [0.05, 0.1) is 11.4 Å². The van der Waals surface area contributed by atoms with Crippen LogP contribution < -0.4 is 0 Å². The molecular weight excluding hydrogens is 296 g/mol. The number of carbonyl (C=O) groups excluding carboxylic acids is 1. The zero-order valence-electron chi connectivity index (χ0n) is 12.9. The molecule has 0 N–H and O–H groups in total. The second-order valence-corrected chi connectivity index (χ2v) is 6.97. The Morgan fingerprint density at radius 1 is 1.41 bits per heavy atom. The summed E-state index contributed by atoms with van der Waals surface area (Å²) in [6.45, 7) is 4.34. The Balaban J connectivity index is 1.58. The molecule has 6 heteroatoms. The van der Waals surface area contributed by atoms with Gasteiger partial charge < -0.3 is 4.90 Å². The van der Waals surface area contributed by atoms with Gasteiger partial charge in [-0.3, -0.25) is 9.69 Å². The van der Waals surface area contributed by atoms with Crippen molar-refractivity contribution in [3.8, 4) is 0 Å². The molecule has 0 bridgehead atoms. The summed E-state index contributed by atoms with van der Waals surface area (Å²) < 4.78 is 0. The molecule has 2 aromatic rings. The molecule has 0 aromatic carbocycles. The highest BCUT2D eigenvalue weighted by Crippen LogP contribution is 2.22. The standard InChI is InChI=1S/C16H20N4OS/c1-12-4-5-14(22-12)16(21)20-9-6-13(10-20)19(2)11-15-17-7-3-8-18-15/h3-5,7-8,13H,6,9-11H2,1-2H3. The van der Waals surface area contributed by atoms with Crippen LogP contribution in [0.4, 0.5) is 0 Å². The molecule has 1 amide bonds. The van der Waals surface area contributed by atoms with Gasteiger partial charge in [-0.2, -0.15) is 0 Å². The number of likely N-dealkylation sites (N-methyl/N-ethyl adjacent to an activating group) is 1. The molecule has 1 fully saturated rings. The number of hydrogen-bond acceptors (Lipinski definition) is 5. The summed E-state index contributed by atoms with van der Waals surface area (Å²) in [5, 5.41) is 0. The quantitative estimate of drug-likeness (QED) is 0.867. The lowest BCUT2D eigenvalue weighted by atomic mass is 10.2. The molecule has 0 saturated carbocycles. The predicted octanol–water partition coefficient (Wildman–Crippen LogP) is 2.19. The molecule has 0 spiro atoms. The summed E-state index contributed by atoms with van der Waals surface area (Å²) in [6.07, 6.45) is 4.53. The number of thiophene rings is 1. The van der Waals surface area contributed by atoms with Crippen molar-refractivity contribution in [2.75, 3.05) is 20.1 Å². The molecule has 1 saturated heterocycles. The van der Waals surface area contributed by atoms with Gasteiger partial charge >= 0.3 is 0 Å². The van der Waals surface area contributed by atoms with Crippen molar-refractivity contribution in [3.63, 3.8) is 0 Å². The molecule has 1 atom stereocenters. The molecule has 1 aliphatic heterocycles. The van der Waals surface area contributed by atoms with Crippen LogP contribution >= 0.6 is 11.3 Å². The summed E-state index contributed by atoms with van der Waals surface area (Å²) in [6, 6.07) is 6.12. The Labute approximate surface area is 134 Å². The van der Waals surface area contributed by atoms with E-state index in [1.54, 1.807) is 23.7 Å². The molecule has 0 aliphatic carbocycles. The topological polar surface area (TPSA) is 49.3 Å². The Kier molecular flexibility index (Phi) is 4.49. The van der Waals surface area contributed by atoms with Crippen molar-refractivity contribution in [3.05, 3.63) is 46.2 Å². The van der Waals surface area contributed by atoms with E-state index in [0.29, 0.717) is 12.6 Å². The van der Waals surface area contributed by atoms with Crippen LogP contribution in [0.1, 0.15) is 26.8 Å². The Bertz CT molecular complexity index is 643. The van der Waals surface area contributed by atoms with Gasteiger partial charge in [-0.1, -0.05) is 0 Å². The Morgan fingerprint density at radius 2 is 2.18 bits per heavy atom. The average molecular weight is 316 g/mol. The molecule has 1 unspecified atom stereocenters. The van der Waals surface area contributed by atoms with Gasteiger partial charge in [-0.05, 0) is 38.6 Å². The summed E-state index contributed by atoms with van der Waals surface area (Å²) in [4.78, 5) is 27.2.